The molecular formula is C32H38N6O2. The maximum Gasteiger partial charge on any atom is 0.282 e. The van der Waals surface area contributed by atoms with E-state index in [1.54, 1.807) is 18.5 Å². The third kappa shape index (κ3) is 7.00. The molecule has 1 N–H and O–H groups in total. The Hall–Kier alpha value is -4.33. The van der Waals surface area contributed by atoms with Gasteiger partial charge in [-0.25, -0.2) is 14.6 Å². The fourth-order valence-corrected chi connectivity index (χ4v) is 4.53. The van der Waals surface area contributed by atoms with Crippen molar-refractivity contribution >= 4 is 23.5 Å². The van der Waals surface area contributed by atoms with Crippen LogP contribution in [-0.2, 0) is 11.2 Å². The first kappa shape index (κ1) is 28.7. The van der Waals surface area contributed by atoms with Gasteiger partial charge in [0, 0.05) is 18.1 Å². The first-order valence-corrected chi connectivity index (χ1v) is 14.2. The zero-order valence-corrected chi connectivity index (χ0v) is 23.6. The fraction of sp³-hybridized carbons (Fsp3) is 0.344. The lowest BCUT2D eigenvalue weighted by Gasteiger charge is -2.09. The number of nitrogens with one attached hydrogen (secondary N) is 1. The van der Waals surface area contributed by atoms with E-state index in [0.29, 0.717) is 22.8 Å². The molecule has 0 spiro atoms. The Morgan fingerprint density at radius 1 is 0.900 bits per heavy atom. The lowest BCUT2D eigenvalue weighted by molar-refractivity contribution is -0.114. The van der Waals surface area contributed by atoms with Gasteiger partial charge in [0.05, 0.1) is 16.8 Å². The van der Waals surface area contributed by atoms with Gasteiger partial charge in [-0.05, 0) is 69.0 Å². The van der Waals surface area contributed by atoms with Crippen molar-refractivity contribution in [1.29, 1.82) is 0 Å². The maximum absolute atomic E-state index is 13.3. The van der Waals surface area contributed by atoms with E-state index in [1.807, 2.05) is 61.6 Å². The van der Waals surface area contributed by atoms with Gasteiger partial charge < -0.3 is 0 Å². The number of aromatic amines is 1. The first-order valence-electron chi connectivity index (χ1n) is 14.2. The highest BCUT2D eigenvalue weighted by atomic mass is 16.2. The number of aromatic nitrogens is 4. The Kier molecular flexibility index (Phi) is 10.2. The summed E-state index contributed by atoms with van der Waals surface area (Å²) in [7, 11) is 0. The number of carbonyl (C=O) groups is 1. The molecule has 1 aliphatic heterocycles. The van der Waals surface area contributed by atoms with Crippen LogP contribution in [-0.4, -0.2) is 31.4 Å². The second kappa shape index (κ2) is 14.2. The number of hydrogen-bond acceptors (Lipinski definition) is 5. The number of allylic oxidation sites excluding steroid dienone is 4. The standard InChI is InChI=1S/C32H38N6O2/c1-4-6-8-14-27-25(31(39)37(35-27)29-16-10-12-22-33-29)20-18-24(3)19-21-26-28(15-9-7-5-2)36-38(32(26)40)30-17-11-13-23-34-30/h10-13,16-23,35H,4-9,14-15H2,1-3H3/b20-18+,24-19+,26-21?. The Balaban J connectivity index is 1.60. The lowest BCUT2D eigenvalue weighted by atomic mass is 10.0. The summed E-state index contributed by atoms with van der Waals surface area (Å²) in [5.41, 5.74) is 3.66. The zero-order chi connectivity index (χ0) is 28.3. The normalized spacial score (nSPS) is 15.0. The van der Waals surface area contributed by atoms with Crippen molar-refractivity contribution in [3.05, 3.63) is 99.8 Å². The highest BCUT2D eigenvalue weighted by Gasteiger charge is 2.30. The van der Waals surface area contributed by atoms with E-state index >= 15 is 0 Å². The average molecular weight is 539 g/mol. The highest BCUT2D eigenvalue weighted by molar-refractivity contribution is 6.30. The molecule has 1 amide bonds. The number of aryl methyl sites for hydroxylation is 1. The van der Waals surface area contributed by atoms with Gasteiger partial charge in [-0.3, -0.25) is 14.7 Å². The Labute approximate surface area is 235 Å². The summed E-state index contributed by atoms with van der Waals surface area (Å²) in [5.74, 6) is 0.894. The predicted octanol–water partition coefficient (Wildman–Crippen LogP) is 6.56. The molecule has 1 aliphatic rings. The molecule has 4 heterocycles. The number of carbonyl (C=O) groups excluding carboxylic acids is 1. The van der Waals surface area contributed by atoms with Gasteiger partial charge in [-0.2, -0.15) is 10.1 Å². The number of nitrogens with zero attached hydrogens (tertiary/aromatic N) is 5. The van der Waals surface area contributed by atoms with Crippen molar-refractivity contribution in [3.63, 3.8) is 0 Å². The molecule has 4 rings (SSSR count). The number of anilines is 1. The minimum absolute atomic E-state index is 0.130. The quantitative estimate of drug-likeness (QED) is 0.151. The van der Waals surface area contributed by atoms with E-state index in [4.69, 9.17) is 0 Å². The number of H-pyrrole nitrogens is 1. The maximum atomic E-state index is 13.3. The van der Waals surface area contributed by atoms with E-state index < -0.39 is 0 Å². The van der Waals surface area contributed by atoms with Crippen LogP contribution >= 0.6 is 0 Å². The summed E-state index contributed by atoms with van der Waals surface area (Å²) < 4.78 is 1.50. The summed E-state index contributed by atoms with van der Waals surface area (Å²) in [6, 6.07) is 10.9. The molecule has 0 radical (unpaired) electrons. The second-order valence-corrected chi connectivity index (χ2v) is 9.92. The molecule has 0 saturated carbocycles. The number of rotatable bonds is 13. The van der Waals surface area contributed by atoms with Crippen molar-refractivity contribution in [2.24, 2.45) is 5.10 Å². The van der Waals surface area contributed by atoms with Crippen LogP contribution in [0.15, 0.2) is 88.1 Å². The van der Waals surface area contributed by atoms with Gasteiger partial charge in [0.1, 0.15) is 0 Å². The van der Waals surface area contributed by atoms with Gasteiger partial charge in [0.15, 0.2) is 11.6 Å². The first-order chi connectivity index (χ1) is 19.5. The molecule has 0 unspecified atom stereocenters. The monoisotopic (exact) mass is 538 g/mol. The van der Waals surface area contributed by atoms with Crippen LogP contribution in [0.5, 0.6) is 0 Å². The second-order valence-electron chi connectivity index (χ2n) is 9.92. The van der Waals surface area contributed by atoms with Gasteiger partial charge in [-0.1, -0.05) is 69.4 Å². The summed E-state index contributed by atoms with van der Waals surface area (Å²) >= 11 is 0. The molecule has 3 aromatic rings. The molecule has 0 saturated heterocycles. The number of hydrazone groups is 1. The summed E-state index contributed by atoms with van der Waals surface area (Å²) in [4.78, 5) is 35.3. The van der Waals surface area contributed by atoms with E-state index in [0.717, 1.165) is 68.3 Å². The fourth-order valence-electron chi connectivity index (χ4n) is 4.53. The third-order valence-corrected chi connectivity index (χ3v) is 6.78. The number of unbranched alkanes of at least 4 members (excludes halogenated alkanes) is 4. The molecular weight excluding hydrogens is 500 g/mol. The highest BCUT2D eigenvalue weighted by Crippen LogP contribution is 2.24. The third-order valence-electron chi connectivity index (χ3n) is 6.78. The van der Waals surface area contributed by atoms with Crippen LogP contribution in [0.2, 0.25) is 0 Å². The van der Waals surface area contributed by atoms with E-state index in [1.165, 1.54) is 9.69 Å². The molecule has 0 aliphatic carbocycles. The van der Waals surface area contributed by atoms with E-state index in [2.05, 4.69) is 34.0 Å². The number of pyridine rings is 2. The van der Waals surface area contributed by atoms with E-state index in [9.17, 15) is 9.59 Å². The number of hydrogen-bond donors (Lipinski definition) is 1. The van der Waals surface area contributed by atoms with Crippen LogP contribution in [0.4, 0.5) is 5.82 Å². The van der Waals surface area contributed by atoms with Crippen LogP contribution in [0.1, 0.15) is 77.0 Å². The molecule has 0 atom stereocenters. The minimum Gasteiger partial charge on any atom is -0.293 e. The zero-order valence-electron chi connectivity index (χ0n) is 23.6. The molecule has 0 fully saturated rings. The van der Waals surface area contributed by atoms with Crippen LogP contribution < -0.4 is 10.6 Å². The largest absolute Gasteiger partial charge is 0.293 e. The molecule has 8 heteroatoms. The van der Waals surface area contributed by atoms with Crippen LogP contribution in [0.3, 0.4) is 0 Å². The Morgan fingerprint density at radius 3 is 2.23 bits per heavy atom. The van der Waals surface area contributed by atoms with Crippen molar-refractivity contribution in [2.45, 2.75) is 72.1 Å². The smallest absolute Gasteiger partial charge is 0.282 e. The van der Waals surface area contributed by atoms with Crippen molar-refractivity contribution in [3.8, 4) is 5.82 Å². The van der Waals surface area contributed by atoms with E-state index in [-0.39, 0.29) is 11.5 Å². The van der Waals surface area contributed by atoms with Crippen molar-refractivity contribution in [1.82, 2.24) is 19.7 Å². The molecule has 208 valence electrons. The SMILES string of the molecule is CCCCCC1=NN(c2ccccn2)C(=O)C1=C/C=C(C)/C=C/c1c(CCCCC)[nH]n(-c2ccccn2)c1=O. The molecule has 0 bridgehead atoms. The number of amides is 1. The summed E-state index contributed by atoms with van der Waals surface area (Å²) in [6.07, 6.45) is 18.7. The van der Waals surface area contributed by atoms with Gasteiger partial charge in [0.2, 0.25) is 0 Å². The van der Waals surface area contributed by atoms with Crippen LogP contribution in [0.25, 0.3) is 11.9 Å². The molecule has 3 aromatic heterocycles. The molecule has 0 aromatic carbocycles. The van der Waals surface area contributed by atoms with Crippen molar-refractivity contribution < 1.29 is 4.79 Å². The average Bonchev–Trinajstić information content (AvgIpc) is 3.47. The lowest BCUT2D eigenvalue weighted by Crippen LogP contribution is -2.22. The molecule has 8 nitrogen and oxygen atoms in total. The topological polar surface area (TPSA) is 96.2 Å². The van der Waals surface area contributed by atoms with Crippen LogP contribution in [0, 0.1) is 0 Å². The Morgan fingerprint density at radius 2 is 1.57 bits per heavy atom. The van der Waals surface area contributed by atoms with Gasteiger partial charge in [0.25, 0.3) is 11.5 Å². The van der Waals surface area contributed by atoms with Crippen molar-refractivity contribution in [2.75, 3.05) is 5.01 Å². The van der Waals surface area contributed by atoms with Gasteiger partial charge >= 0.3 is 0 Å². The Bertz CT molecular complexity index is 1460. The summed E-state index contributed by atoms with van der Waals surface area (Å²) in [5, 5.41) is 9.28. The minimum atomic E-state index is -0.180. The summed E-state index contributed by atoms with van der Waals surface area (Å²) in [6.45, 7) is 6.27. The molecule has 40 heavy (non-hydrogen) atoms. The van der Waals surface area contributed by atoms with Gasteiger partial charge in [-0.15, -0.1) is 0 Å². The predicted molar refractivity (Wildman–Crippen MR) is 162 cm³/mol.